The maximum atomic E-state index is 13.4. The quantitative estimate of drug-likeness (QED) is 0.698. The van der Waals surface area contributed by atoms with Crippen LogP contribution in [0.1, 0.15) is 52.0 Å². The number of nitrogens with one attached hydrogen (secondary N) is 1. The second kappa shape index (κ2) is 7.07. The van der Waals surface area contributed by atoms with E-state index in [1.54, 1.807) is 0 Å². The molecule has 29 heavy (non-hydrogen) atoms. The highest BCUT2D eigenvalue weighted by Gasteiger charge is 2.34. The first-order valence-corrected chi connectivity index (χ1v) is 10.3. The number of aryl methyl sites for hydroxylation is 1. The van der Waals surface area contributed by atoms with Crippen molar-refractivity contribution in [3.63, 3.8) is 0 Å². The number of hydrogen-bond acceptors (Lipinski definition) is 2. The lowest BCUT2D eigenvalue weighted by Gasteiger charge is -2.22. The number of nitrogens with zero attached hydrogens (tertiary/aromatic N) is 2. The van der Waals surface area contributed by atoms with Gasteiger partial charge in [-0.25, -0.2) is 0 Å². The summed E-state index contributed by atoms with van der Waals surface area (Å²) in [6.45, 7) is 0.567. The van der Waals surface area contributed by atoms with E-state index in [2.05, 4.69) is 5.32 Å². The maximum Gasteiger partial charge on any atom is 0.256 e. The Bertz CT molecular complexity index is 1080. The summed E-state index contributed by atoms with van der Waals surface area (Å²) < 4.78 is 2.01. The highest BCUT2D eigenvalue weighted by molar-refractivity contribution is 6.07. The highest BCUT2D eigenvalue weighted by atomic mass is 16.2. The van der Waals surface area contributed by atoms with Crippen molar-refractivity contribution in [3.05, 3.63) is 71.4 Å². The second-order valence-electron chi connectivity index (χ2n) is 8.28. The first-order chi connectivity index (χ1) is 14.1. The van der Waals surface area contributed by atoms with Crippen molar-refractivity contribution < 1.29 is 9.59 Å². The Labute approximate surface area is 170 Å². The third-order valence-electron chi connectivity index (χ3n) is 5.86. The molecule has 0 unspecified atom stereocenters. The minimum atomic E-state index is -0.00932. The van der Waals surface area contributed by atoms with Crippen LogP contribution in [0, 0.1) is 0 Å². The molecule has 2 fully saturated rings. The van der Waals surface area contributed by atoms with E-state index in [4.69, 9.17) is 0 Å². The Morgan fingerprint density at radius 2 is 1.76 bits per heavy atom. The molecule has 148 valence electrons. The van der Waals surface area contributed by atoms with Gasteiger partial charge >= 0.3 is 0 Å². The molecule has 0 radical (unpaired) electrons. The summed E-state index contributed by atoms with van der Waals surface area (Å²) in [5.41, 5.74) is 3.56. The van der Waals surface area contributed by atoms with Crippen LogP contribution in [-0.2, 0) is 13.6 Å². The van der Waals surface area contributed by atoms with Crippen molar-refractivity contribution in [2.75, 3.05) is 0 Å². The molecule has 0 aliphatic heterocycles. The molecule has 2 amide bonds. The number of amides is 2. The normalized spacial score (nSPS) is 16.0. The molecule has 5 heteroatoms. The Kier molecular flexibility index (Phi) is 4.38. The lowest BCUT2D eigenvalue weighted by Crippen LogP contribution is -2.32. The fourth-order valence-electron chi connectivity index (χ4n) is 3.87. The van der Waals surface area contributed by atoms with Gasteiger partial charge in [-0.3, -0.25) is 9.59 Å². The molecule has 0 atom stereocenters. The Morgan fingerprint density at radius 3 is 2.45 bits per heavy atom. The summed E-state index contributed by atoms with van der Waals surface area (Å²) in [6, 6.07) is 16.3. The van der Waals surface area contributed by atoms with Gasteiger partial charge in [-0.2, -0.15) is 0 Å². The number of para-hydroxylation sites is 1. The molecular weight excluding hydrogens is 362 g/mol. The van der Waals surface area contributed by atoms with Crippen LogP contribution in [0.5, 0.6) is 0 Å². The minimum absolute atomic E-state index is 0.00932. The van der Waals surface area contributed by atoms with E-state index in [0.717, 1.165) is 47.7 Å². The van der Waals surface area contributed by atoms with Crippen LogP contribution in [0.4, 0.5) is 0 Å². The van der Waals surface area contributed by atoms with Crippen molar-refractivity contribution >= 4 is 22.7 Å². The summed E-state index contributed by atoms with van der Waals surface area (Å²) in [5, 5.41) is 4.01. The molecule has 5 rings (SSSR count). The van der Waals surface area contributed by atoms with Gasteiger partial charge in [-0.1, -0.05) is 30.3 Å². The standard InChI is InChI=1S/C24H25N3O2/c1-26-15-21(20-4-2-3-5-22(20)26)24(29)27(19-12-13-19)14-16-6-8-17(9-7-16)23(28)25-18-10-11-18/h2-9,15,18-19H,10-14H2,1H3,(H,25,28). The molecule has 0 bridgehead atoms. The van der Waals surface area contributed by atoms with Gasteiger partial charge in [0.25, 0.3) is 11.8 Å². The van der Waals surface area contributed by atoms with Crippen LogP contribution in [0.2, 0.25) is 0 Å². The molecule has 1 aromatic heterocycles. The van der Waals surface area contributed by atoms with Crippen LogP contribution in [0.15, 0.2) is 54.7 Å². The number of carbonyl (C=O) groups excluding carboxylic acids is 2. The third kappa shape index (κ3) is 3.65. The zero-order valence-electron chi connectivity index (χ0n) is 16.6. The van der Waals surface area contributed by atoms with Gasteiger partial charge in [0.15, 0.2) is 0 Å². The molecule has 3 aromatic rings. The van der Waals surface area contributed by atoms with Gasteiger partial charge < -0.3 is 14.8 Å². The lowest BCUT2D eigenvalue weighted by atomic mass is 10.1. The molecule has 2 aromatic carbocycles. The van der Waals surface area contributed by atoms with Gasteiger partial charge in [-0.15, -0.1) is 0 Å². The van der Waals surface area contributed by atoms with E-state index >= 15 is 0 Å². The Morgan fingerprint density at radius 1 is 1.03 bits per heavy atom. The van der Waals surface area contributed by atoms with Crippen molar-refractivity contribution in [1.29, 1.82) is 0 Å². The van der Waals surface area contributed by atoms with E-state index in [-0.39, 0.29) is 11.8 Å². The van der Waals surface area contributed by atoms with Gasteiger partial charge in [0.2, 0.25) is 0 Å². The number of carbonyl (C=O) groups is 2. The number of rotatable bonds is 6. The number of fused-ring (bicyclic) bond motifs is 1. The molecule has 2 aliphatic carbocycles. The summed E-state index contributed by atoms with van der Waals surface area (Å²) >= 11 is 0. The molecular formula is C24H25N3O2. The summed E-state index contributed by atoms with van der Waals surface area (Å²) in [4.78, 5) is 27.6. The molecule has 5 nitrogen and oxygen atoms in total. The fraction of sp³-hybridized carbons (Fsp3) is 0.333. The van der Waals surface area contributed by atoms with E-state index in [0.29, 0.717) is 24.2 Å². The predicted octanol–water partition coefficient (Wildman–Crippen LogP) is 3.88. The molecule has 2 aliphatic rings. The van der Waals surface area contributed by atoms with E-state index in [9.17, 15) is 9.59 Å². The van der Waals surface area contributed by atoms with Gasteiger partial charge in [0, 0.05) is 48.3 Å². The lowest BCUT2D eigenvalue weighted by molar-refractivity contribution is 0.0731. The first-order valence-electron chi connectivity index (χ1n) is 10.3. The smallest absolute Gasteiger partial charge is 0.256 e. The number of hydrogen-bond donors (Lipinski definition) is 1. The molecule has 2 saturated carbocycles. The minimum Gasteiger partial charge on any atom is -0.350 e. The van der Waals surface area contributed by atoms with E-state index in [1.807, 2.05) is 71.2 Å². The average molecular weight is 387 g/mol. The monoisotopic (exact) mass is 387 g/mol. The molecule has 1 heterocycles. The van der Waals surface area contributed by atoms with Gasteiger partial charge in [-0.05, 0) is 49.4 Å². The van der Waals surface area contributed by atoms with Crippen LogP contribution < -0.4 is 5.32 Å². The molecule has 0 saturated heterocycles. The SMILES string of the molecule is Cn1cc(C(=O)N(Cc2ccc(C(=O)NC3CC3)cc2)C2CC2)c2ccccc21. The zero-order chi connectivity index (χ0) is 20.0. The zero-order valence-corrected chi connectivity index (χ0v) is 16.6. The summed E-state index contributed by atoms with van der Waals surface area (Å²) in [5.74, 6) is 0.0739. The Hall–Kier alpha value is -3.08. The van der Waals surface area contributed by atoms with E-state index in [1.165, 1.54) is 0 Å². The fourth-order valence-corrected chi connectivity index (χ4v) is 3.87. The predicted molar refractivity (Wildman–Crippen MR) is 113 cm³/mol. The second-order valence-corrected chi connectivity index (χ2v) is 8.28. The average Bonchev–Trinajstić information content (AvgIpc) is 3.66. The largest absolute Gasteiger partial charge is 0.350 e. The maximum absolute atomic E-state index is 13.4. The van der Waals surface area contributed by atoms with Crippen LogP contribution >= 0.6 is 0 Å². The third-order valence-corrected chi connectivity index (χ3v) is 5.86. The van der Waals surface area contributed by atoms with Crippen molar-refractivity contribution in [3.8, 4) is 0 Å². The Balaban J connectivity index is 1.36. The van der Waals surface area contributed by atoms with Crippen molar-refractivity contribution in [1.82, 2.24) is 14.8 Å². The van der Waals surface area contributed by atoms with Crippen molar-refractivity contribution in [2.45, 2.75) is 44.3 Å². The van der Waals surface area contributed by atoms with Crippen LogP contribution in [0.3, 0.4) is 0 Å². The molecule has 0 spiro atoms. The topological polar surface area (TPSA) is 54.3 Å². The summed E-state index contributed by atoms with van der Waals surface area (Å²) in [6.07, 6.45) is 6.21. The highest BCUT2D eigenvalue weighted by Crippen LogP contribution is 2.32. The van der Waals surface area contributed by atoms with Gasteiger partial charge in [0.1, 0.15) is 0 Å². The first kappa shape index (κ1) is 18.0. The van der Waals surface area contributed by atoms with Crippen LogP contribution in [0.25, 0.3) is 10.9 Å². The number of aromatic nitrogens is 1. The summed E-state index contributed by atoms with van der Waals surface area (Å²) in [7, 11) is 1.98. The van der Waals surface area contributed by atoms with E-state index < -0.39 is 0 Å². The number of benzene rings is 2. The molecule has 1 N–H and O–H groups in total. The van der Waals surface area contributed by atoms with Crippen LogP contribution in [-0.4, -0.2) is 33.4 Å². The van der Waals surface area contributed by atoms with Gasteiger partial charge in [0.05, 0.1) is 5.56 Å². The van der Waals surface area contributed by atoms with Crippen molar-refractivity contribution in [2.24, 2.45) is 7.05 Å².